The van der Waals surface area contributed by atoms with Crippen LogP contribution in [0, 0.1) is 0 Å². The van der Waals surface area contributed by atoms with Gasteiger partial charge in [-0.25, -0.2) is 4.57 Å². The summed E-state index contributed by atoms with van der Waals surface area (Å²) in [5, 5.41) is 8.92. The first kappa shape index (κ1) is 109. The minimum atomic E-state index is -5.17. The standard InChI is InChI=1S/C16H40O25P6.3C6H16O8P2.2CH4/c1-3-15(13-17)41-47(29,30)38-12-11-36-45(25,26)34-8-7-32-43(21,22)31-5-6-33-44(23,24)35-9-10-37-46(27,28)39-14-16(4-2)40-42(18,19)20;3*1-3-6(14-15(7,8)9)5-13-16(10,11)12-4-2;;/h15-17H,3-14H2,1-2H3,(H,21,22)(H,23,24)(H,25,26)(H,27,28)(H,29,30)(H2,18,19,20);3*6H,3-5H2,1-2H3,(H,10,11)(H2,7,8,9);2*1H4/p-11. The molecule has 0 bridgehead atoms. The molecule has 0 aliphatic carbocycles. The van der Waals surface area contributed by atoms with E-state index in [1.165, 1.54) is 34.6 Å². The SMILES string of the molecule is C.C.CCC(COP(=O)([O-])OCCOP(=O)([O-])OCCOP(=O)([O-])OCCOP(=O)([O-])OCCOP(=O)([O-])OC(CC)CO)OP(=O)([O-])O.CCOP(=O)([O-])OCC(CC)OP(=O)(O)O.CCOP(=O)([O-])OCC(CC)OP(=O)([O-])O.CCOP(=O)([O-])OCC(CC)OP(=O)([O-])O. The van der Waals surface area contributed by atoms with Crippen molar-refractivity contribution in [2.75, 3.05) is 106 Å². The van der Waals surface area contributed by atoms with Crippen molar-refractivity contribution in [3.05, 3.63) is 0 Å². The Morgan fingerprint density at radius 1 is 0.258 bits per heavy atom. The smallest absolute Gasteiger partial charge is 0.469 e. The van der Waals surface area contributed by atoms with Crippen LogP contribution in [0.25, 0.3) is 0 Å². The van der Waals surface area contributed by atoms with Crippen molar-refractivity contribution < 1.29 is 229 Å². The Morgan fingerprint density at radius 3 is 0.598 bits per heavy atom. The van der Waals surface area contributed by atoms with E-state index < -0.39 is 210 Å². The summed E-state index contributed by atoms with van der Waals surface area (Å²) in [7, 11) is -58.2. The Balaban J connectivity index is -0.000000336. The number of aliphatic hydroxyl groups is 1. The van der Waals surface area contributed by atoms with Crippen LogP contribution in [0.5, 0.6) is 0 Å². The quantitative estimate of drug-likeness (QED) is 0.0305. The monoisotopic (exact) mass is 1670 g/mol. The van der Waals surface area contributed by atoms with Gasteiger partial charge in [0.1, 0.15) is 0 Å². The van der Waals surface area contributed by atoms with Crippen molar-refractivity contribution >= 4 is 93.9 Å². The van der Waals surface area contributed by atoms with Crippen LogP contribution in [0.15, 0.2) is 0 Å². The summed E-state index contributed by atoms with van der Waals surface area (Å²) in [5.41, 5.74) is 0. The lowest BCUT2D eigenvalue weighted by atomic mass is 10.3. The predicted molar refractivity (Wildman–Crippen MR) is 305 cm³/mol. The highest BCUT2D eigenvalue weighted by atomic mass is 31.2. The number of phosphoric acid groups is 12. The third-order valence-corrected chi connectivity index (χ3v) is 19.2. The van der Waals surface area contributed by atoms with Gasteiger partial charge >= 0.3 is 7.82 Å². The molecule has 0 aliphatic rings. The van der Waals surface area contributed by atoms with Crippen molar-refractivity contribution in [3.8, 4) is 0 Å². The Bertz CT molecular complexity index is 2520. The lowest BCUT2D eigenvalue weighted by Gasteiger charge is -2.28. The summed E-state index contributed by atoms with van der Waals surface area (Å²) in [6.45, 7) is 1.41. The van der Waals surface area contributed by atoms with Gasteiger partial charge in [-0.15, -0.1) is 0 Å². The summed E-state index contributed by atoms with van der Waals surface area (Å²) in [5.74, 6) is 0. The topological polar surface area (TPSA) is 764 Å². The van der Waals surface area contributed by atoms with Crippen LogP contribution in [0.3, 0.4) is 0 Å². The summed E-state index contributed by atoms with van der Waals surface area (Å²) in [6.07, 6.45) is -5.04. The lowest BCUT2D eigenvalue weighted by Crippen LogP contribution is -2.22. The van der Waals surface area contributed by atoms with Gasteiger partial charge in [0.15, 0.2) is 0 Å². The van der Waals surface area contributed by atoms with Crippen molar-refractivity contribution in [2.24, 2.45) is 0 Å². The van der Waals surface area contributed by atoms with E-state index in [1.807, 2.05) is 0 Å². The first-order chi connectivity index (χ1) is 43.1. The normalized spacial score (nSPS) is 20.3. The van der Waals surface area contributed by atoms with E-state index in [0.29, 0.717) is 0 Å². The van der Waals surface area contributed by atoms with Crippen LogP contribution >= 0.6 is 93.9 Å². The number of rotatable bonds is 54. The highest BCUT2D eigenvalue weighted by Gasteiger charge is 2.25. The van der Waals surface area contributed by atoms with E-state index in [9.17, 15) is 109 Å². The molecular formula is C36H85O49P12-11. The third-order valence-electron chi connectivity index (χ3n) is 8.76. The minimum Gasteiger partial charge on any atom is -0.756 e. The second kappa shape index (κ2) is 54.0. The van der Waals surface area contributed by atoms with Gasteiger partial charge in [0, 0.05) is 0 Å². The average Bonchev–Trinajstić information content (AvgIpc) is 1.34. The molecule has 97 heavy (non-hydrogen) atoms. The minimum absolute atomic E-state index is 0. The number of hydrogen-bond donors (Lipinski definition) is 6. The molecule has 0 aromatic carbocycles. The molecule has 16 atom stereocenters. The number of aliphatic hydroxyl groups excluding tert-OH is 1. The zero-order valence-electron chi connectivity index (χ0n) is 51.3. The summed E-state index contributed by atoms with van der Waals surface area (Å²) < 4.78 is 219. The molecule has 0 saturated heterocycles. The van der Waals surface area contributed by atoms with E-state index in [1.54, 1.807) is 20.8 Å². The van der Waals surface area contributed by atoms with E-state index in [4.69, 9.17) is 29.6 Å². The first-order valence-electron chi connectivity index (χ1n) is 26.4. The maximum absolute atomic E-state index is 11.7. The zero-order valence-corrected chi connectivity index (χ0v) is 62.1. The molecule has 0 spiro atoms. The molecule has 0 aromatic heterocycles. The molecule has 0 rings (SSSR count). The van der Waals surface area contributed by atoms with Gasteiger partial charge in [-0.05, 0) is 52.9 Å². The molecule has 0 aromatic rings. The van der Waals surface area contributed by atoms with E-state index in [0.717, 1.165) is 0 Å². The van der Waals surface area contributed by atoms with Gasteiger partial charge in [-0.1, -0.05) is 49.5 Å². The van der Waals surface area contributed by atoms with Crippen LogP contribution in [0.2, 0.25) is 0 Å². The summed E-state index contributed by atoms with van der Waals surface area (Å²) >= 11 is 0. The largest absolute Gasteiger partial charge is 0.756 e. The van der Waals surface area contributed by atoms with Gasteiger partial charge in [0.2, 0.25) is 0 Å². The van der Waals surface area contributed by atoms with Crippen molar-refractivity contribution in [2.45, 2.75) is 133 Å². The average molecular weight is 1670 g/mol. The van der Waals surface area contributed by atoms with E-state index >= 15 is 0 Å². The first-order valence-corrected chi connectivity index (χ1v) is 44.1. The van der Waals surface area contributed by atoms with E-state index in [-0.39, 0.29) is 66.8 Å². The highest BCUT2D eigenvalue weighted by molar-refractivity contribution is 7.48. The van der Waals surface area contributed by atoms with Crippen LogP contribution in [0.1, 0.15) is 102 Å². The molecule has 0 amide bonds. The van der Waals surface area contributed by atoms with E-state index in [2.05, 4.69) is 90.5 Å². The second-order valence-corrected chi connectivity index (χ2v) is 32.3. The van der Waals surface area contributed by atoms with Gasteiger partial charge in [-0.2, -0.15) is 0 Å². The molecule has 6 N–H and O–H groups in total. The zero-order chi connectivity index (χ0) is 74.9. The molecule has 16 unspecified atom stereocenters. The molecule has 0 radical (unpaired) electrons. The Labute approximate surface area is 559 Å². The van der Waals surface area contributed by atoms with Gasteiger partial charge in [0.05, 0.1) is 136 Å². The second-order valence-electron chi connectivity index (χ2n) is 16.4. The third kappa shape index (κ3) is 72.6. The van der Waals surface area contributed by atoms with Crippen molar-refractivity contribution in [1.29, 1.82) is 0 Å². The molecular weight excluding hydrogens is 1590 g/mol. The van der Waals surface area contributed by atoms with Crippen molar-refractivity contribution in [1.82, 2.24) is 0 Å². The maximum Gasteiger partial charge on any atom is 0.469 e. The van der Waals surface area contributed by atoms with Gasteiger partial charge < -0.3 is 169 Å². The summed E-state index contributed by atoms with van der Waals surface area (Å²) in [4.78, 5) is 165. The van der Waals surface area contributed by atoms with Gasteiger partial charge in [0.25, 0.3) is 86.0 Å². The van der Waals surface area contributed by atoms with Crippen LogP contribution in [0.4, 0.5) is 0 Å². The van der Waals surface area contributed by atoms with Gasteiger partial charge in [-0.3, -0.25) is 54.7 Å². The number of hydrogen-bond acceptors (Lipinski definition) is 44. The molecule has 61 heteroatoms. The Hall–Kier alpha value is 1.28. The highest BCUT2D eigenvalue weighted by Crippen LogP contribution is 2.47. The van der Waals surface area contributed by atoms with Crippen molar-refractivity contribution in [3.63, 3.8) is 0 Å². The fourth-order valence-electron chi connectivity index (χ4n) is 4.73. The molecule has 594 valence electrons. The van der Waals surface area contributed by atoms with Crippen LogP contribution in [-0.2, 0) is 145 Å². The Morgan fingerprint density at radius 2 is 0.433 bits per heavy atom. The number of phosphoric ester groups is 12. The molecule has 0 heterocycles. The Kier molecular flexibility index (Phi) is 60.8. The molecule has 0 aliphatic heterocycles. The lowest BCUT2D eigenvalue weighted by molar-refractivity contribution is -0.239. The van der Waals surface area contributed by atoms with Crippen LogP contribution in [-0.4, -0.2) is 166 Å². The fraction of sp³-hybridized carbons (Fsp3) is 1.00. The maximum atomic E-state index is 11.7. The fourth-order valence-corrected chi connectivity index (χ4v) is 13.0. The van der Waals surface area contributed by atoms with Crippen LogP contribution < -0.4 is 53.8 Å². The molecule has 49 nitrogen and oxygen atoms in total. The molecule has 0 fully saturated rings. The summed E-state index contributed by atoms with van der Waals surface area (Å²) in [6, 6.07) is 0. The molecule has 0 saturated carbocycles. The predicted octanol–water partition coefficient (Wildman–Crippen LogP) is -1.28.